The number of hydrogen-bond donors (Lipinski definition) is 1. The largest absolute Gasteiger partial charge is 0.487 e. The highest BCUT2D eigenvalue weighted by atomic mass is 35.5. The van der Waals surface area contributed by atoms with E-state index in [-0.39, 0.29) is 0 Å². The summed E-state index contributed by atoms with van der Waals surface area (Å²) < 4.78 is 6.14. The van der Waals surface area contributed by atoms with Crippen LogP contribution >= 0.6 is 11.6 Å². The van der Waals surface area contributed by atoms with Gasteiger partial charge in [0.25, 0.3) is 0 Å². The number of piperazine rings is 1. The third-order valence-electron chi connectivity index (χ3n) is 7.18. The molecule has 1 N–H and O–H groups in total. The second-order valence-electron chi connectivity index (χ2n) is 10.3. The average molecular weight is 504 g/mol. The van der Waals surface area contributed by atoms with Gasteiger partial charge in [-0.1, -0.05) is 29.8 Å². The van der Waals surface area contributed by atoms with Gasteiger partial charge in [-0.15, -0.1) is 0 Å². The fourth-order valence-corrected chi connectivity index (χ4v) is 5.33. The van der Waals surface area contributed by atoms with Gasteiger partial charge in [-0.2, -0.15) is 0 Å². The fraction of sp³-hybridized carbons (Fsp3) is 0.367. The molecule has 2 aliphatic rings. The smallest absolute Gasteiger partial charge is 0.131 e. The molecule has 6 heteroatoms. The van der Waals surface area contributed by atoms with Crippen LogP contribution in [0.15, 0.2) is 66.9 Å². The summed E-state index contributed by atoms with van der Waals surface area (Å²) in [5.41, 5.74) is 5.36. The van der Waals surface area contributed by atoms with E-state index in [1.54, 1.807) is 0 Å². The van der Waals surface area contributed by atoms with E-state index < -0.39 is 5.60 Å². The van der Waals surface area contributed by atoms with Gasteiger partial charge in [-0.05, 0) is 80.8 Å². The predicted octanol–water partition coefficient (Wildman–Crippen LogP) is 5.89. The molecule has 1 fully saturated rings. The number of aromatic nitrogens is 1. The van der Waals surface area contributed by atoms with Crippen LogP contribution in [0.4, 0.5) is 5.69 Å². The third kappa shape index (κ3) is 5.29. The Kier molecular flexibility index (Phi) is 7.07. The van der Waals surface area contributed by atoms with E-state index in [2.05, 4.69) is 52.0 Å². The van der Waals surface area contributed by atoms with Crippen molar-refractivity contribution in [3.63, 3.8) is 0 Å². The number of anilines is 1. The Bertz CT molecular complexity index is 1250. The Morgan fingerprint density at radius 1 is 1.11 bits per heavy atom. The average Bonchev–Trinajstić information content (AvgIpc) is 3.01. The lowest BCUT2D eigenvalue weighted by molar-refractivity contribution is 0.0785. The van der Waals surface area contributed by atoms with Gasteiger partial charge < -0.3 is 14.7 Å². The number of benzene rings is 2. The van der Waals surface area contributed by atoms with Crippen LogP contribution in [0, 0.1) is 0 Å². The first-order chi connectivity index (χ1) is 17.3. The van der Waals surface area contributed by atoms with Gasteiger partial charge in [0.05, 0.1) is 11.3 Å². The molecule has 188 valence electrons. The van der Waals surface area contributed by atoms with E-state index in [4.69, 9.17) is 16.3 Å². The zero-order valence-corrected chi connectivity index (χ0v) is 22.0. The van der Waals surface area contributed by atoms with Crippen LogP contribution in [-0.2, 0) is 12.2 Å². The van der Waals surface area contributed by atoms with E-state index in [1.807, 2.05) is 50.4 Å². The molecule has 0 bridgehead atoms. The first kappa shape index (κ1) is 24.8. The minimum Gasteiger partial charge on any atom is -0.487 e. The minimum atomic E-state index is -0.926. The highest BCUT2D eigenvalue weighted by Gasteiger charge is 2.25. The Morgan fingerprint density at radius 2 is 1.92 bits per heavy atom. The lowest BCUT2D eigenvalue weighted by Crippen LogP contribution is -2.52. The number of rotatable bonds is 5. The number of halogens is 1. The molecule has 0 aliphatic carbocycles. The van der Waals surface area contributed by atoms with E-state index in [0.717, 1.165) is 71.3 Å². The Hall–Kier alpha value is -2.86. The van der Waals surface area contributed by atoms with E-state index >= 15 is 0 Å². The first-order valence-electron chi connectivity index (χ1n) is 12.7. The molecule has 36 heavy (non-hydrogen) atoms. The molecule has 2 aromatic carbocycles. The van der Waals surface area contributed by atoms with Crippen molar-refractivity contribution < 1.29 is 9.84 Å². The van der Waals surface area contributed by atoms with Gasteiger partial charge in [-0.25, -0.2) is 0 Å². The highest BCUT2D eigenvalue weighted by Crippen LogP contribution is 2.38. The van der Waals surface area contributed by atoms with E-state index in [1.165, 1.54) is 5.69 Å². The van der Waals surface area contributed by atoms with Crippen LogP contribution < -0.4 is 9.64 Å². The summed E-state index contributed by atoms with van der Waals surface area (Å²) in [7, 11) is 0. The summed E-state index contributed by atoms with van der Waals surface area (Å²) in [6.07, 6.45) is 5.06. The Labute approximate surface area is 219 Å². The summed E-state index contributed by atoms with van der Waals surface area (Å²) in [6, 6.07) is 18.7. The molecule has 0 amide bonds. The SMILES string of the molecule is CC1CN(CCC=C2c3cc(C(C)(C)O)ccc3OCc3ncccc32)CCN1c1ccc(Cl)cc1. The maximum Gasteiger partial charge on any atom is 0.131 e. The summed E-state index contributed by atoms with van der Waals surface area (Å²) >= 11 is 6.08. The van der Waals surface area contributed by atoms with Gasteiger partial charge in [0, 0.05) is 60.3 Å². The molecule has 3 heterocycles. The monoisotopic (exact) mass is 503 g/mol. The molecule has 5 rings (SSSR count). The topological polar surface area (TPSA) is 48.8 Å². The molecule has 5 nitrogen and oxygen atoms in total. The normalized spacial score (nSPS) is 19.4. The van der Waals surface area contributed by atoms with Gasteiger partial charge in [0.15, 0.2) is 0 Å². The third-order valence-corrected chi connectivity index (χ3v) is 7.44. The molecule has 0 saturated carbocycles. The van der Waals surface area contributed by atoms with Crippen LogP contribution in [0.3, 0.4) is 0 Å². The lowest BCUT2D eigenvalue weighted by atomic mass is 9.90. The molecule has 1 unspecified atom stereocenters. The van der Waals surface area contributed by atoms with Crippen LogP contribution in [0.5, 0.6) is 5.75 Å². The van der Waals surface area contributed by atoms with Crippen molar-refractivity contribution in [2.45, 2.75) is 45.4 Å². The van der Waals surface area contributed by atoms with Crippen molar-refractivity contribution in [2.24, 2.45) is 0 Å². The van der Waals surface area contributed by atoms with Gasteiger partial charge in [-0.3, -0.25) is 9.88 Å². The van der Waals surface area contributed by atoms with Crippen molar-refractivity contribution in [3.8, 4) is 5.75 Å². The molecule has 1 atom stereocenters. The van der Waals surface area contributed by atoms with Crippen molar-refractivity contribution in [3.05, 3.63) is 94.3 Å². The Balaban J connectivity index is 1.35. The molecule has 1 aromatic heterocycles. The molecular formula is C30H34ClN3O2. The van der Waals surface area contributed by atoms with Gasteiger partial charge >= 0.3 is 0 Å². The first-order valence-corrected chi connectivity index (χ1v) is 13.1. The highest BCUT2D eigenvalue weighted by molar-refractivity contribution is 6.30. The van der Waals surface area contributed by atoms with Crippen LogP contribution in [0.1, 0.15) is 49.6 Å². The number of ether oxygens (including phenoxy) is 1. The van der Waals surface area contributed by atoms with Crippen LogP contribution in [0.2, 0.25) is 5.02 Å². The van der Waals surface area contributed by atoms with Crippen LogP contribution in [-0.4, -0.2) is 47.2 Å². The number of fused-ring (bicyclic) bond motifs is 2. The lowest BCUT2D eigenvalue weighted by Gasteiger charge is -2.41. The van der Waals surface area contributed by atoms with Gasteiger partial charge in [0.1, 0.15) is 12.4 Å². The second kappa shape index (κ2) is 10.3. The van der Waals surface area contributed by atoms with Gasteiger partial charge in [0.2, 0.25) is 0 Å². The summed E-state index contributed by atoms with van der Waals surface area (Å²) in [5.74, 6) is 0.831. The predicted molar refractivity (Wildman–Crippen MR) is 147 cm³/mol. The molecule has 0 radical (unpaired) electrons. The zero-order valence-electron chi connectivity index (χ0n) is 21.2. The van der Waals surface area contributed by atoms with Crippen molar-refractivity contribution >= 4 is 22.9 Å². The number of nitrogens with zero attached hydrogens (tertiary/aromatic N) is 3. The van der Waals surface area contributed by atoms with E-state index in [0.29, 0.717) is 12.6 Å². The molecule has 1 saturated heterocycles. The molecule has 0 spiro atoms. The summed E-state index contributed by atoms with van der Waals surface area (Å²) in [6.45, 7) is 10.4. The Morgan fingerprint density at radius 3 is 2.67 bits per heavy atom. The molecule has 2 aliphatic heterocycles. The van der Waals surface area contributed by atoms with Crippen molar-refractivity contribution in [1.29, 1.82) is 0 Å². The second-order valence-corrected chi connectivity index (χ2v) is 10.7. The number of pyridine rings is 1. The van der Waals surface area contributed by atoms with Crippen LogP contribution in [0.25, 0.3) is 5.57 Å². The standard InChI is InChI=1S/C30H34ClN3O2/c1-21-19-33(16-17-34(21)24-11-9-23(31)10-12-24)15-5-7-25-26-6-4-14-32-28(26)20-36-29-13-8-22(18-27(25)29)30(2,3)35/h4,6-14,18,21,35H,5,15-17,19-20H2,1-3H3. The van der Waals surface area contributed by atoms with Crippen molar-refractivity contribution in [2.75, 3.05) is 31.1 Å². The number of aliphatic hydroxyl groups is 1. The molecular weight excluding hydrogens is 470 g/mol. The number of hydrogen-bond acceptors (Lipinski definition) is 5. The maximum absolute atomic E-state index is 10.6. The van der Waals surface area contributed by atoms with E-state index in [9.17, 15) is 5.11 Å². The van der Waals surface area contributed by atoms with Crippen molar-refractivity contribution in [1.82, 2.24) is 9.88 Å². The maximum atomic E-state index is 10.6. The molecule has 3 aromatic rings. The summed E-state index contributed by atoms with van der Waals surface area (Å²) in [5, 5.41) is 11.4. The quantitative estimate of drug-likeness (QED) is 0.470. The fourth-order valence-electron chi connectivity index (χ4n) is 5.20. The zero-order chi connectivity index (χ0) is 25.3. The summed E-state index contributed by atoms with van der Waals surface area (Å²) in [4.78, 5) is 9.60. The minimum absolute atomic E-state index is 0.429.